The minimum absolute atomic E-state index is 0.502. The quantitative estimate of drug-likeness (QED) is 0.776. The molecule has 1 N–H and O–H groups in total. The van der Waals surface area contributed by atoms with Crippen molar-refractivity contribution in [3.05, 3.63) is 48.9 Å². The lowest BCUT2D eigenvalue weighted by Gasteiger charge is -2.06. The van der Waals surface area contributed by atoms with Crippen molar-refractivity contribution in [2.24, 2.45) is 0 Å². The fourth-order valence-electron chi connectivity index (χ4n) is 1.77. The first-order chi connectivity index (χ1) is 9.35. The van der Waals surface area contributed by atoms with Gasteiger partial charge in [0.15, 0.2) is 0 Å². The van der Waals surface area contributed by atoms with Crippen LogP contribution in [-0.4, -0.2) is 22.0 Å². The highest BCUT2D eigenvalue weighted by molar-refractivity contribution is 5.79. The third kappa shape index (κ3) is 2.44. The van der Waals surface area contributed by atoms with Crippen LogP contribution in [0.4, 0.5) is 5.82 Å². The molecule has 0 aliphatic heterocycles. The summed E-state index contributed by atoms with van der Waals surface area (Å²) in [4.78, 5) is 12.4. The van der Waals surface area contributed by atoms with E-state index in [1.807, 2.05) is 30.3 Å². The average molecular weight is 252 g/mol. The predicted octanol–water partition coefficient (Wildman–Crippen LogP) is 2.86. The largest absolute Gasteiger partial charge is 0.439 e. The third-order valence-corrected chi connectivity index (χ3v) is 2.70. The first-order valence-corrected chi connectivity index (χ1v) is 5.87. The van der Waals surface area contributed by atoms with Crippen LogP contribution in [0, 0.1) is 0 Å². The molecule has 3 aromatic rings. The lowest BCUT2D eigenvalue weighted by molar-refractivity contribution is 0.462. The summed E-state index contributed by atoms with van der Waals surface area (Å²) in [6, 6.07) is 11.4. The van der Waals surface area contributed by atoms with E-state index in [4.69, 9.17) is 4.74 Å². The van der Waals surface area contributed by atoms with Gasteiger partial charge in [0.25, 0.3) is 0 Å². The van der Waals surface area contributed by atoms with E-state index in [9.17, 15) is 0 Å². The van der Waals surface area contributed by atoms with E-state index in [-0.39, 0.29) is 0 Å². The van der Waals surface area contributed by atoms with Gasteiger partial charge in [-0.3, -0.25) is 4.98 Å². The summed E-state index contributed by atoms with van der Waals surface area (Å²) >= 11 is 0. The Balaban J connectivity index is 1.92. The number of ether oxygens (including phenoxy) is 1. The summed E-state index contributed by atoms with van der Waals surface area (Å²) < 4.78 is 5.71. The van der Waals surface area contributed by atoms with Crippen LogP contribution in [0.1, 0.15) is 0 Å². The molecule has 1 aromatic carbocycles. The van der Waals surface area contributed by atoms with E-state index >= 15 is 0 Å². The number of nitrogens with one attached hydrogen (secondary N) is 1. The molecule has 0 amide bonds. The van der Waals surface area contributed by atoms with Crippen molar-refractivity contribution in [2.45, 2.75) is 0 Å². The van der Waals surface area contributed by atoms with Gasteiger partial charge < -0.3 is 10.1 Å². The number of nitrogens with zero attached hydrogens (tertiary/aromatic N) is 3. The Kier molecular flexibility index (Phi) is 2.94. The number of anilines is 1. The first-order valence-electron chi connectivity index (χ1n) is 5.87. The van der Waals surface area contributed by atoms with Gasteiger partial charge in [0.2, 0.25) is 5.88 Å². The number of hydrogen-bond donors (Lipinski definition) is 1. The molecule has 0 aliphatic rings. The van der Waals surface area contributed by atoms with Crippen molar-refractivity contribution in [3.8, 4) is 11.6 Å². The summed E-state index contributed by atoms with van der Waals surface area (Å²) in [6.07, 6.45) is 3.23. The average Bonchev–Trinajstić information content (AvgIpc) is 2.47. The highest BCUT2D eigenvalue weighted by Crippen LogP contribution is 2.24. The van der Waals surface area contributed by atoms with Gasteiger partial charge in [0.05, 0.1) is 5.52 Å². The fourth-order valence-corrected chi connectivity index (χ4v) is 1.77. The van der Waals surface area contributed by atoms with Gasteiger partial charge in [-0.05, 0) is 24.3 Å². The monoisotopic (exact) mass is 252 g/mol. The molecule has 0 fully saturated rings. The van der Waals surface area contributed by atoms with Crippen LogP contribution < -0.4 is 10.1 Å². The normalized spacial score (nSPS) is 10.4. The zero-order valence-corrected chi connectivity index (χ0v) is 10.4. The van der Waals surface area contributed by atoms with Crippen LogP contribution in [0.5, 0.6) is 11.6 Å². The Bertz CT molecular complexity index is 714. The third-order valence-electron chi connectivity index (χ3n) is 2.70. The molecule has 0 saturated heterocycles. The summed E-state index contributed by atoms with van der Waals surface area (Å²) in [5, 5.41) is 3.97. The number of aromatic nitrogens is 3. The van der Waals surface area contributed by atoms with Gasteiger partial charge in [-0.25, -0.2) is 9.97 Å². The molecule has 2 heterocycles. The second kappa shape index (κ2) is 4.89. The highest BCUT2D eigenvalue weighted by atomic mass is 16.5. The van der Waals surface area contributed by atoms with Gasteiger partial charge in [0.1, 0.15) is 17.9 Å². The molecule has 0 unspecified atom stereocenters. The molecule has 0 radical (unpaired) electrons. The number of hydrogen-bond acceptors (Lipinski definition) is 5. The molecule has 5 nitrogen and oxygen atoms in total. The Labute approximate surface area is 110 Å². The Morgan fingerprint density at radius 3 is 2.89 bits per heavy atom. The lowest BCUT2D eigenvalue weighted by Crippen LogP contribution is -1.95. The highest BCUT2D eigenvalue weighted by Gasteiger charge is 2.02. The molecule has 94 valence electrons. The van der Waals surface area contributed by atoms with Crippen LogP contribution in [0.2, 0.25) is 0 Å². The smallest absolute Gasteiger partial charge is 0.224 e. The molecule has 5 heteroatoms. The minimum atomic E-state index is 0.502. The molecular formula is C14H12N4O. The van der Waals surface area contributed by atoms with Crippen molar-refractivity contribution < 1.29 is 4.74 Å². The van der Waals surface area contributed by atoms with Gasteiger partial charge in [-0.15, -0.1) is 0 Å². The van der Waals surface area contributed by atoms with Crippen LogP contribution in [-0.2, 0) is 0 Å². The molecule has 0 spiro atoms. The fraction of sp³-hybridized carbons (Fsp3) is 0.0714. The Morgan fingerprint density at radius 2 is 2.00 bits per heavy atom. The van der Waals surface area contributed by atoms with Gasteiger partial charge in [0, 0.05) is 24.7 Å². The van der Waals surface area contributed by atoms with Gasteiger partial charge in [-0.2, -0.15) is 0 Å². The van der Waals surface area contributed by atoms with Gasteiger partial charge >= 0.3 is 0 Å². The number of pyridine rings is 1. The molecule has 0 atom stereocenters. The van der Waals surface area contributed by atoms with Crippen LogP contribution in [0.25, 0.3) is 10.9 Å². The summed E-state index contributed by atoms with van der Waals surface area (Å²) in [7, 11) is 1.80. The summed E-state index contributed by atoms with van der Waals surface area (Å²) in [5.41, 5.74) is 0.938. The number of rotatable bonds is 3. The standard InChI is InChI=1S/C14H12N4O/c1-15-13-8-14(18-9-17-13)19-11-4-5-12-10(7-11)3-2-6-16-12/h2-9H,1H3,(H,15,17,18). The lowest BCUT2D eigenvalue weighted by atomic mass is 10.2. The molecule has 19 heavy (non-hydrogen) atoms. The predicted molar refractivity (Wildman–Crippen MR) is 73.4 cm³/mol. The van der Waals surface area contributed by atoms with Gasteiger partial charge in [-0.1, -0.05) is 6.07 Å². The topological polar surface area (TPSA) is 59.9 Å². The van der Waals surface area contributed by atoms with Crippen molar-refractivity contribution in [2.75, 3.05) is 12.4 Å². The number of fused-ring (bicyclic) bond motifs is 1. The van der Waals surface area contributed by atoms with Crippen molar-refractivity contribution in [1.82, 2.24) is 15.0 Å². The van der Waals surface area contributed by atoms with E-state index in [1.54, 1.807) is 19.3 Å². The minimum Gasteiger partial charge on any atom is -0.439 e. The van der Waals surface area contributed by atoms with E-state index in [0.29, 0.717) is 11.7 Å². The molecule has 0 aliphatic carbocycles. The van der Waals surface area contributed by atoms with E-state index < -0.39 is 0 Å². The molecule has 0 saturated carbocycles. The maximum atomic E-state index is 5.71. The maximum Gasteiger partial charge on any atom is 0.224 e. The van der Waals surface area contributed by atoms with E-state index in [2.05, 4.69) is 20.3 Å². The first kappa shape index (κ1) is 11.4. The summed E-state index contributed by atoms with van der Waals surface area (Å²) in [6.45, 7) is 0. The van der Waals surface area contributed by atoms with Crippen LogP contribution >= 0.6 is 0 Å². The molecule has 0 bridgehead atoms. The second-order valence-electron chi connectivity index (χ2n) is 3.95. The van der Waals surface area contributed by atoms with Crippen molar-refractivity contribution in [1.29, 1.82) is 0 Å². The molecular weight excluding hydrogens is 240 g/mol. The number of benzene rings is 1. The molecule has 3 rings (SSSR count). The second-order valence-corrected chi connectivity index (χ2v) is 3.95. The van der Waals surface area contributed by atoms with Crippen LogP contribution in [0.3, 0.4) is 0 Å². The zero-order valence-electron chi connectivity index (χ0n) is 10.4. The Hall–Kier alpha value is -2.69. The molecule has 2 aromatic heterocycles. The van der Waals surface area contributed by atoms with E-state index in [0.717, 1.165) is 16.7 Å². The van der Waals surface area contributed by atoms with Crippen molar-refractivity contribution >= 4 is 16.7 Å². The maximum absolute atomic E-state index is 5.71. The SMILES string of the molecule is CNc1cc(Oc2ccc3ncccc3c2)ncn1. The van der Waals surface area contributed by atoms with Crippen LogP contribution in [0.15, 0.2) is 48.9 Å². The van der Waals surface area contributed by atoms with Crippen molar-refractivity contribution in [3.63, 3.8) is 0 Å². The summed E-state index contributed by atoms with van der Waals surface area (Å²) in [5.74, 6) is 1.94. The Morgan fingerprint density at radius 1 is 1.05 bits per heavy atom. The van der Waals surface area contributed by atoms with E-state index in [1.165, 1.54) is 6.33 Å². The zero-order chi connectivity index (χ0) is 13.1.